The maximum absolute atomic E-state index is 13.9. The van der Waals surface area contributed by atoms with Crippen LogP contribution in [0.1, 0.15) is 49.8 Å². The second-order valence-electron chi connectivity index (χ2n) is 9.99. The van der Waals surface area contributed by atoms with Crippen LogP contribution < -0.4 is 0 Å². The first-order chi connectivity index (χ1) is 16.2. The van der Waals surface area contributed by atoms with Crippen molar-refractivity contribution < 1.29 is 19.1 Å². The molecule has 5 rings (SSSR count). The number of ketones is 1. The molecule has 172 valence electrons. The van der Waals surface area contributed by atoms with Crippen LogP contribution in [0.4, 0.5) is 0 Å². The van der Waals surface area contributed by atoms with E-state index in [0.717, 1.165) is 22.3 Å². The fourth-order valence-electron chi connectivity index (χ4n) is 5.44. The summed E-state index contributed by atoms with van der Waals surface area (Å²) in [4.78, 5) is 40.8. The first-order valence-electron chi connectivity index (χ1n) is 11.5. The standard InChI is InChI=1S/C29H27NO4/c1-28(2,3)34-25(32)14-13-23-26(19-9-5-4-6-10-19)29-16-15-21(31)17-24(29)22-12-8-7-11-20(22)18-30(29)27(23)33/h4-16,24H,17-18H2,1-3H3/b14-13+. The van der Waals surface area contributed by atoms with Gasteiger partial charge in [0.05, 0.1) is 5.54 Å². The zero-order valence-electron chi connectivity index (χ0n) is 19.6. The number of benzene rings is 2. The number of amides is 1. The number of ether oxygens (including phenoxy) is 1. The summed E-state index contributed by atoms with van der Waals surface area (Å²) in [7, 11) is 0. The van der Waals surface area contributed by atoms with Gasteiger partial charge in [0.25, 0.3) is 5.91 Å². The normalized spacial score (nSPS) is 23.7. The number of esters is 1. The molecule has 5 nitrogen and oxygen atoms in total. The van der Waals surface area contributed by atoms with E-state index in [-0.39, 0.29) is 17.6 Å². The minimum atomic E-state index is -0.797. The van der Waals surface area contributed by atoms with Gasteiger partial charge in [-0.25, -0.2) is 4.79 Å². The Labute approximate surface area is 199 Å². The van der Waals surface area contributed by atoms with Crippen molar-refractivity contribution >= 4 is 23.2 Å². The van der Waals surface area contributed by atoms with Gasteiger partial charge in [-0.05, 0) is 49.6 Å². The highest BCUT2D eigenvalue weighted by atomic mass is 16.6. The highest BCUT2D eigenvalue weighted by molar-refractivity contribution is 6.14. The van der Waals surface area contributed by atoms with Crippen molar-refractivity contribution in [1.82, 2.24) is 4.90 Å². The molecule has 2 aromatic carbocycles. The summed E-state index contributed by atoms with van der Waals surface area (Å²) in [6.45, 7) is 5.85. The predicted molar refractivity (Wildman–Crippen MR) is 130 cm³/mol. The summed E-state index contributed by atoms with van der Waals surface area (Å²) >= 11 is 0. The van der Waals surface area contributed by atoms with Crippen LogP contribution in [0.3, 0.4) is 0 Å². The van der Waals surface area contributed by atoms with Gasteiger partial charge in [0.15, 0.2) is 5.78 Å². The molecule has 2 atom stereocenters. The third kappa shape index (κ3) is 3.52. The molecule has 0 bridgehead atoms. The highest BCUT2D eigenvalue weighted by Crippen LogP contribution is 2.57. The van der Waals surface area contributed by atoms with Crippen LogP contribution in [-0.4, -0.2) is 33.7 Å². The molecule has 0 aromatic heterocycles. The minimum absolute atomic E-state index is 0.0462. The van der Waals surface area contributed by atoms with Crippen molar-refractivity contribution in [2.45, 2.75) is 50.8 Å². The SMILES string of the molecule is CC(C)(C)OC(=O)/C=C/C1=C(c2ccccc2)C23C=CC(=O)CC2c2ccccc2CN3C1=O. The second-order valence-corrected chi connectivity index (χ2v) is 9.99. The van der Waals surface area contributed by atoms with Gasteiger partial charge in [0.2, 0.25) is 0 Å². The largest absolute Gasteiger partial charge is 0.457 e. The molecule has 2 heterocycles. The molecule has 1 aliphatic carbocycles. The lowest BCUT2D eigenvalue weighted by Crippen LogP contribution is -2.55. The fraction of sp³-hybridized carbons (Fsp3) is 0.276. The number of hydrogen-bond acceptors (Lipinski definition) is 4. The molecule has 2 aliphatic heterocycles. The summed E-state index contributed by atoms with van der Waals surface area (Å²) in [5, 5.41) is 0. The monoisotopic (exact) mass is 453 g/mol. The summed E-state index contributed by atoms with van der Waals surface area (Å²) in [6.07, 6.45) is 6.73. The third-order valence-corrected chi connectivity index (χ3v) is 6.67. The number of rotatable bonds is 3. The molecule has 0 N–H and O–H groups in total. The molecule has 5 heteroatoms. The summed E-state index contributed by atoms with van der Waals surface area (Å²) in [5.74, 6) is -0.819. The van der Waals surface area contributed by atoms with Crippen LogP contribution in [0.25, 0.3) is 5.57 Å². The first kappa shape index (κ1) is 22.1. The maximum Gasteiger partial charge on any atom is 0.331 e. The molecule has 2 aromatic rings. The zero-order valence-corrected chi connectivity index (χ0v) is 19.6. The molecular weight excluding hydrogens is 426 g/mol. The summed E-state index contributed by atoms with van der Waals surface area (Å²) < 4.78 is 5.43. The lowest BCUT2D eigenvalue weighted by atomic mass is 9.64. The first-order valence-corrected chi connectivity index (χ1v) is 11.5. The molecular formula is C29H27NO4. The van der Waals surface area contributed by atoms with Gasteiger partial charge in [-0.2, -0.15) is 0 Å². The van der Waals surface area contributed by atoms with Crippen molar-refractivity contribution in [3.05, 3.63) is 101 Å². The molecule has 0 radical (unpaired) electrons. The average Bonchev–Trinajstić information content (AvgIpc) is 3.03. The van der Waals surface area contributed by atoms with Crippen molar-refractivity contribution in [3.8, 4) is 0 Å². The summed E-state index contributed by atoms with van der Waals surface area (Å²) in [6, 6.07) is 17.8. The Balaban J connectivity index is 1.73. The highest BCUT2D eigenvalue weighted by Gasteiger charge is 2.58. The molecule has 0 saturated heterocycles. The fourth-order valence-corrected chi connectivity index (χ4v) is 5.44. The molecule has 0 fully saturated rings. The predicted octanol–water partition coefficient (Wildman–Crippen LogP) is 4.75. The van der Waals surface area contributed by atoms with Crippen LogP contribution in [0.5, 0.6) is 0 Å². The van der Waals surface area contributed by atoms with E-state index >= 15 is 0 Å². The van der Waals surface area contributed by atoms with E-state index in [9.17, 15) is 14.4 Å². The van der Waals surface area contributed by atoms with Gasteiger partial charge in [-0.3, -0.25) is 9.59 Å². The zero-order chi connectivity index (χ0) is 24.1. The van der Waals surface area contributed by atoms with Crippen LogP contribution in [0.2, 0.25) is 0 Å². The molecule has 1 spiro atoms. The number of carbonyl (C=O) groups excluding carboxylic acids is 3. The lowest BCUT2D eigenvalue weighted by Gasteiger charge is -2.50. The second kappa shape index (κ2) is 7.94. The average molecular weight is 454 g/mol. The third-order valence-electron chi connectivity index (χ3n) is 6.67. The van der Waals surface area contributed by atoms with Crippen molar-refractivity contribution in [2.75, 3.05) is 0 Å². The quantitative estimate of drug-likeness (QED) is 0.497. The van der Waals surface area contributed by atoms with E-state index in [1.165, 1.54) is 6.08 Å². The van der Waals surface area contributed by atoms with Crippen LogP contribution >= 0.6 is 0 Å². The Morgan fingerprint density at radius 3 is 2.50 bits per heavy atom. The van der Waals surface area contributed by atoms with E-state index in [0.29, 0.717) is 18.5 Å². The van der Waals surface area contributed by atoms with E-state index in [4.69, 9.17) is 4.74 Å². The Kier molecular flexibility index (Phi) is 5.16. The lowest BCUT2D eigenvalue weighted by molar-refractivity contribution is -0.148. The van der Waals surface area contributed by atoms with Gasteiger partial charge < -0.3 is 9.64 Å². The Morgan fingerprint density at radius 2 is 1.76 bits per heavy atom. The maximum atomic E-state index is 13.9. The number of carbonyl (C=O) groups is 3. The van der Waals surface area contributed by atoms with Crippen molar-refractivity contribution in [2.24, 2.45) is 0 Å². The van der Waals surface area contributed by atoms with Gasteiger partial charge in [-0.15, -0.1) is 0 Å². The number of nitrogens with zero attached hydrogens (tertiary/aromatic N) is 1. The number of fused-ring (bicyclic) bond motifs is 2. The molecule has 2 unspecified atom stereocenters. The van der Waals surface area contributed by atoms with Crippen LogP contribution in [0, 0.1) is 0 Å². The van der Waals surface area contributed by atoms with Crippen LogP contribution in [-0.2, 0) is 25.7 Å². The Hall–Kier alpha value is -3.73. The summed E-state index contributed by atoms with van der Waals surface area (Å²) in [5.41, 5.74) is 2.88. The topological polar surface area (TPSA) is 63.7 Å². The van der Waals surface area contributed by atoms with E-state index in [1.54, 1.807) is 32.9 Å². The molecule has 34 heavy (non-hydrogen) atoms. The Bertz CT molecular complexity index is 1280. The van der Waals surface area contributed by atoms with Gasteiger partial charge >= 0.3 is 5.97 Å². The van der Waals surface area contributed by atoms with Crippen molar-refractivity contribution in [1.29, 1.82) is 0 Å². The number of hydrogen-bond donors (Lipinski definition) is 0. The van der Waals surface area contributed by atoms with Crippen molar-refractivity contribution in [3.63, 3.8) is 0 Å². The van der Waals surface area contributed by atoms with E-state index in [1.807, 2.05) is 59.5 Å². The van der Waals surface area contributed by atoms with Crippen LogP contribution in [0.15, 0.2) is 84.5 Å². The van der Waals surface area contributed by atoms with Gasteiger partial charge in [-0.1, -0.05) is 60.7 Å². The smallest absolute Gasteiger partial charge is 0.331 e. The molecule has 3 aliphatic rings. The molecule has 1 amide bonds. The van der Waals surface area contributed by atoms with Gasteiger partial charge in [0, 0.05) is 36.1 Å². The Morgan fingerprint density at radius 1 is 1.06 bits per heavy atom. The van der Waals surface area contributed by atoms with E-state index in [2.05, 4.69) is 6.07 Å². The van der Waals surface area contributed by atoms with E-state index < -0.39 is 17.1 Å². The molecule has 0 saturated carbocycles. The minimum Gasteiger partial charge on any atom is -0.457 e. The number of allylic oxidation sites excluding steroid dienone is 1. The van der Waals surface area contributed by atoms with Gasteiger partial charge in [0.1, 0.15) is 5.60 Å².